The molecule has 0 aromatic carbocycles. The Labute approximate surface area is 132 Å². The van der Waals surface area contributed by atoms with Crippen LogP contribution in [0.25, 0.3) is 0 Å². The molecule has 0 saturated carbocycles. The molecule has 0 bridgehead atoms. The summed E-state index contributed by atoms with van der Waals surface area (Å²) < 4.78 is 31.3. The molecular weight excluding hydrogens is 294 g/mol. The van der Waals surface area contributed by atoms with Gasteiger partial charge in [-0.05, 0) is 0 Å². The number of amides is 1. The van der Waals surface area contributed by atoms with E-state index in [0.29, 0.717) is 59.5 Å². The van der Waals surface area contributed by atoms with Crippen LogP contribution in [0.2, 0.25) is 0 Å². The molecule has 0 rings (SSSR count). The van der Waals surface area contributed by atoms with Crippen molar-refractivity contribution in [3.05, 3.63) is 0 Å². The first-order valence-electron chi connectivity index (χ1n) is 7.27. The molecule has 0 atom stereocenters. The lowest BCUT2D eigenvalue weighted by molar-refractivity contribution is -0.123. The quantitative estimate of drug-likeness (QED) is 0.358. The third kappa shape index (κ3) is 15.6. The summed E-state index contributed by atoms with van der Waals surface area (Å²) in [6.45, 7) is 4.34. The Hall–Kier alpha value is -0.770. The molecule has 2 N–H and O–H groups in total. The number of rotatable bonds is 17. The Kier molecular flexibility index (Phi) is 16.0. The number of methoxy groups -OCH3 is 2. The third-order valence-electron chi connectivity index (χ3n) is 2.54. The van der Waals surface area contributed by atoms with E-state index in [1.165, 1.54) is 0 Å². The lowest BCUT2D eigenvalue weighted by Crippen LogP contribution is -2.25. The first-order chi connectivity index (χ1) is 10.7. The van der Waals surface area contributed by atoms with Crippen LogP contribution in [0.5, 0.6) is 0 Å². The van der Waals surface area contributed by atoms with Crippen molar-refractivity contribution in [2.45, 2.75) is 0 Å². The summed E-state index contributed by atoms with van der Waals surface area (Å²) in [6.07, 6.45) is 0. The smallest absolute Gasteiger partial charge is 0.243 e. The van der Waals surface area contributed by atoms with Crippen molar-refractivity contribution in [3.8, 4) is 0 Å². The molecule has 0 fully saturated rings. The van der Waals surface area contributed by atoms with Gasteiger partial charge in [-0.1, -0.05) is 0 Å². The summed E-state index contributed by atoms with van der Waals surface area (Å²) in [7, 11) is 3.26. The van der Waals surface area contributed by atoms with Crippen LogP contribution in [0.15, 0.2) is 0 Å². The Morgan fingerprint density at radius 2 is 1.18 bits per heavy atom. The maximum absolute atomic E-state index is 10.5. The summed E-state index contributed by atoms with van der Waals surface area (Å²) in [4.78, 5) is 10.5. The van der Waals surface area contributed by atoms with Gasteiger partial charge in [0.25, 0.3) is 0 Å². The van der Waals surface area contributed by atoms with Crippen molar-refractivity contribution >= 4 is 5.91 Å². The van der Waals surface area contributed by atoms with Crippen molar-refractivity contribution in [2.24, 2.45) is 11.7 Å². The van der Waals surface area contributed by atoms with Crippen molar-refractivity contribution < 1.29 is 33.2 Å². The zero-order chi connectivity index (χ0) is 16.5. The van der Waals surface area contributed by atoms with Gasteiger partial charge in [0.15, 0.2) is 0 Å². The topological polar surface area (TPSA) is 98.5 Å². The Morgan fingerprint density at radius 3 is 1.59 bits per heavy atom. The van der Waals surface area contributed by atoms with Gasteiger partial charge in [0.1, 0.15) is 6.61 Å². The average molecular weight is 323 g/mol. The van der Waals surface area contributed by atoms with Crippen LogP contribution in [-0.4, -0.2) is 86.2 Å². The molecule has 0 aliphatic carbocycles. The average Bonchev–Trinajstić information content (AvgIpc) is 2.50. The summed E-state index contributed by atoms with van der Waals surface area (Å²) in [5, 5.41) is 0. The predicted molar refractivity (Wildman–Crippen MR) is 79.7 cm³/mol. The largest absolute Gasteiger partial charge is 0.382 e. The number of hydrogen-bond acceptors (Lipinski definition) is 7. The minimum atomic E-state index is -0.490. The Morgan fingerprint density at radius 1 is 0.773 bits per heavy atom. The van der Waals surface area contributed by atoms with Gasteiger partial charge in [-0.2, -0.15) is 0 Å². The lowest BCUT2D eigenvalue weighted by atomic mass is 10.2. The Bertz CT molecular complexity index is 241. The third-order valence-corrected chi connectivity index (χ3v) is 2.54. The number of ether oxygens (including phenoxy) is 6. The van der Waals surface area contributed by atoms with E-state index < -0.39 is 5.91 Å². The van der Waals surface area contributed by atoms with Crippen molar-refractivity contribution in [3.63, 3.8) is 0 Å². The molecular formula is C14H29NO7. The van der Waals surface area contributed by atoms with E-state index in [1.54, 1.807) is 14.2 Å². The van der Waals surface area contributed by atoms with Gasteiger partial charge >= 0.3 is 0 Å². The number of carbonyl (C=O) groups is 1. The van der Waals surface area contributed by atoms with Crippen LogP contribution in [0, 0.1) is 5.92 Å². The Balaban J connectivity index is 3.72. The number of nitrogens with two attached hydrogens (primary N) is 1. The first-order valence-corrected chi connectivity index (χ1v) is 7.27. The van der Waals surface area contributed by atoms with Crippen LogP contribution in [0.1, 0.15) is 0 Å². The fraction of sp³-hybridized carbons (Fsp3) is 0.929. The highest BCUT2D eigenvalue weighted by Crippen LogP contribution is 2.01. The lowest BCUT2D eigenvalue weighted by Gasteiger charge is -2.17. The van der Waals surface area contributed by atoms with E-state index in [2.05, 4.69) is 0 Å². The fourth-order valence-corrected chi connectivity index (χ4v) is 1.47. The zero-order valence-corrected chi connectivity index (χ0v) is 13.6. The second-order valence-corrected chi connectivity index (χ2v) is 4.60. The predicted octanol–water partition coefficient (Wildman–Crippen LogP) is -0.553. The van der Waals surface area contributed by atoms with E-state index in [9.17, 15) is 4.79 Å². The van der Waals surface area contributed by atoms with E-state index >= 15 is 0 Å². The summed E-state index contributed by atoms with van der Waals surface area (Å²) in [6, 6.07) is 0. The zero-order valence-electron chi connectivity index (χ0n) is 13.6. The normalized spacial score (nSPS) is 11.2. The second kappa shape index (κ2) is 16.6. The molecule has 1 amide bonds. The molecule has 0 aliphatic rings. The number of hydrogen-bond donors (Lipinski definition) is 1. The van der Waals surface area contributed by atoms with E-state index in [-0.39, 0.29) is 12.5 Å². The number of carbonyl (C=O) groups excluding carboxylic acids is 1. The highest BCUT2D eigenvalue weighted by molar-refractivity contribution is 5.74. The van der Waals surface area contributed by atoms with Gasteiger partial charge < -0.3 is 34.2 Å². The van der Waals surface area contributed by atoms with Gasteiger partial charge in [-0.3, -0.25) is 4.79 Å². The van der Waals surface area contributed by atoms with Gasteiger partial charge in [-0.25, -0.2) is 0 Å². The van der Waals surface area contributed by atoms with Gasteiger partial charge in [0, 0.05) is 20.1 Å². The molecule has 0 unspecified atom stereocenters. The monoisotopic (exact) mass is 323 g/mol. The van der Waals surface area contributed by atoms with Gasteiger partial charge in [0.05, 0.1) is 59.5 Å². The molecule has 8 nitrogen and oxygen atoms in total. The molecule has 0 heterocycles. The summed E-state index contributed by atoms with van der Waals surface area (Å²) >= 11 is 0. The van der Waals surface area contributed by atoms with Crippen LogP contribution in [0.4, 0.5) is 0 Å². The van der Waals surface area contributed by atoms with E-state index in [0.717, 1.165) is 0 Å². The van der Waals surface area contributed by atoms with E-state index in [4.69, 9.17) is 34.2 Å². The molecule has 0 spiro atoms. The van der Waals surface area contributed by atoms with Crippen LogP contribution in [-0.2, 0) is 33.2 Å². The molecule has 22 heavy (non-hydrogen) atoms. The number of primary amides is 1. The molecule has 0 radical (unpaired) electrons. The van der Waals surface area contributed by atoms with Crippen molar-refractivity contribution in [1.29, 1.82) is 0 Å². The first kappa shape index (κ1) is 21.2. The molecule has 8 heteroatoms. The highest BCUT2D eigenvalue weighted by atomic mass is 16.5. The van der Waals surface area contributed by atoms with Crippen LogP contribution in [0.3, 0.4) is 0 Å². The van der Waals surface area contributed by atoms with Crippen molar-refractivity contribution in [2.75, 3.05) is 80.3 Å². The van der Waals surface area contributed by atoms with E-state index in [1.807, 2.05) is 0 Å². The standard InChI is InChI=1S/C14H29NO7/c1-17-3-5-19-9-13(10-20-6-4-18-2)11-21-7-8-22-12-14(15)16/h13H,3-12H2,1-2H3,(H2,15,16). The van der Waals surface area contributed by atoms with Crippen LogP contribution >= 0.6 is 0 Å². The van der Waals surface area contributed by atoms with Crippen LogP contribution < -0.4 is 5.73 Å². The summed E-state index contributed by atoms with van der Waals surface area (Å²) in [5.41, 5.74) is 4.96. The second-order valence-electron chi connectivity index (χ2n) is 4.60. The minimum absolute atomic E-state index is 0.0902. The molecule has 0 aromatic heterocycles. The fourth-order valence-electron chi connectivity index (χ4n) is 1.47. The van der Waals surface area contributed by atoms with Gasteiger partial charge in [0.2, 0.25) is 5.91 Å². The molecule has 0 saturated heterocycles. The van der Waals surface area contributed by atoms with Crippen molar-refractivity contribution in [1.82, 2.24) is 0 Å². The molecule has 132 valence electrons. The van der Waals surface area contributed by atoms with Gasteiger partial charge in [-0.15, -0.1) is 0 Å². The maximum atomic E-state index is 10.5. The maximum Gasteiger partial charge on any atom is 0.243 e. The minimum Gasteiger partial charge on any atom is -0.382 e. The molecule has 0 aromatic rings. The SMILES string of the molecule is COCCOCC(COCCOC)COCCOCC(N)=O. The summed E-state index contributed by atoms with van der Waals surface area (Å²) in [5.74, 6) is -0.374. The molecule has 0 aliphatic heterocycles. The highest BCUT2D eigenvalue weighted by Gasteiger charge is 2.10.